The van der Waals surface area contributed by atoms with Crippen molar-refractivity contribution in [1.29, 1.82) is 0 Å². The van der Waals surface area contributed by atoms with Gasteiger partial charge in [-0.15, -0.1) is 12.3 Å². The van der Waals surface area contributed by atoms with Crippen molar-refractivity contribution < 1.29 is 14.4 Å². The highest BCUT2D eigenvalue weighted by atomic mass is 16.2. The molecule has 2 aliphatic rings. The maximum absolute atomic E-state index is 13.1. The molecule has 0 aromatic rings. The third-order valence-electron chi connectivity index (χ3n) is 5.81. The van der Waals surface area contributed by atoms with Crippen LogP contribution in [-0.2, 0) is 14.4 Å². The van der Waals surface area contributed by atoms with Crippen LogP contribution in [-0.4, -0.2) is 53.8 Å². The van der Waals surface area contributed by atoms with Crippen molar-refractivity contribution in [2.45, 2.75) is 71.0 Å². The van der Waals surface area contributed by atoms with Crippen molar-refractivity contribution in [1.82, 2.24) is 15.5 Å². The van der Waals surface area contributed by atoms with E-state index in [9.17, 15) is 14.4 Å². The number of rotatable bonds is 9. The summed E-state index contributed by atoms with van der Waals surface area (Å²) in [7, 11) is 0. The highest BCUT2D eigenvalue weighted by Crippen LogP contribution is 2.35. The van der Waals surface area contributed by atoms with E-state index in [1.807, 2.05) is 20.8 Å². The number of hydrogen-bond donors (Lipinski definition) is 3. The van der Waals surface area contributed by atoms with Crippen molar-refractivity contribution >= 4 is 17.7 Å². The summed E-state index contributed by atoms with van der Waals surface area (Å²) in [6, 6.07) is -1.74. The van der Waals surface area contributed by atoms with Gasteiger partial charge in [-0.3, -0.25) is 14.4 Å². The van der Waals surface area contributed by atoms with Crippen molar-refractivity contribution in [2.24, 2.45) is 17.1 Å². The summed E-state index contributed by atoms with van der Waals surface area (Å²) in [6.45, 7) is 13.8. The van der Waals surface area contributed by atoms with Gasteiger partial charge in [-0.2, -0.15) is 0 Å². The third-order valence-corrected chi connectivity index (χ3v) is 5.81. The molecule has 1 saturated carbocycles. The minimum absolute atomic E-state index is 0.206. The number of nitrogens with two attached hydrogens (primary N) is 1. The lowest BCUT2D eigenvalue weighted by Gasteiger charge is -2.33. The molecule has 3 atom stereocenters. The van der Waals surface area contributed by atoms with Gasteiger partial charge in [0.25, 0.3) is 5.91 Å². The predicted molar refractivity (Wildman–Crippen MR) is 117 cm³/mol. The van der Waals surface area contributed by atoms with Gasteiger partial charge in [0.15, 0.2) is 0 Å². The summed E-state index contributed by atoms with van der Waals surface area (Å²) in [5, 5.41) is 5.73. The molecule has 166 valence electrons. The second kappa shape index (κ2) is 10.1. The van der Waals surface area contributed by atoms with E-state index in [-0.39, 0.29) is 17.7 Å². The minimum Gasteiger partial charge on any atom is -0.348 e. The second-order valence-electron chi connectivity index (χ2n) is 9.36. The molecule has 1 aliphatic carbocycles. The summed E-state index contributed by atoms with van der Waals surface area (Å²) in [6.07, 6.45) is 5.75. The molecule has 0 aromatic carbocycles. The first-order valence-corrected chi connectivity index (χ1v) is 10.8. The van der Waals surface area contributed by atoms with Crippen LogP contribution in [0.4, 0.5) is 0 Å². The number of nitrogens with one attached hydrogen (secondary N) is 2. The molecule has 2 fully saturated rings. The number of carbonyl (C=O) groups is 3. The maximum atomic E-state index is 13.1. The van der Waals surface area contributed by atoms with E-state index in [2.05, 4.69) is 29.5 Å². The van der Waals surface area contributed by atoms with Gasteiger partial charge in [-0.25, -0.2) is 0 Å². The Morgan fingerprint density at radius 2 is 1.93 bits per heavy atom. The van der Waals surface area contributed by atoms with Crippen LogP contribution in [0.3, 0.4) is 0 Å². The molecule has 7 nitrogen and oxygen atoms in total. The van der Waals surface area contributed by atoms with Gasteiger partial charge in [0.1, 0.15) is 6.04 Å². The van der Waals surface area contributed by atoms with Gasteiger partial charge < -0.3 is 21.3 Å². The maximum Gasteiger partial charge on any atom is 0.257 e. The standard InChI is InChI=1S/C23H36N4O3/c1-6-12-25-20(28)16(7-2)17(14-15-10-11-15)26-21(29)18-9-8-13-27(18)22(30)19(24)23(3,4)5/h6,15,17-19H,1-2,8-14,24H2,3-5H3,(H,25,28)(H,26,29)/t17?,18-,19+/m0/s1. The summed E-state index contributed by atoms with van der Waals surface area (Å²) < 4.78 is 0. The molecular weight excluding hydrogens is 380 g/mol. The zero-order valence-electron chi connectivity index (χ0n) is 18.5. The first-order valence-electron chi connectivity index (χ1n) is 10.8. The third kappa shape index (κ3) is 6.07. The molecule has 7 heteroatoms. The van der Waals surface area contributed by atoms with E-state index in [0.717, 1.165) is 19.3 Å². The van der Waals surface area contributed by atoms with E-state index in [1.54, 1.807) is 11.0 Å². The fourth-order valence-corrected chi connectivity index (χ4v) is 3.68. The molecule has 4 N–H and O–H groups in total. The van der Waals surface area contributed by atoms with Crippen molar-refractivity contribution in [3.8, 4) is 0 Å². The molecule has 2 rings (SSSR count). The average Bonchev–Trinajstić information content (AvgIpc) is 3.36. The molecular formula is C23H36N4O3. The summed E-state index contributed by atoms with van der Waals surface area (Å²) in [4.78, 5) is 40.2. The number of amides is 3. The average molecular weight is 417 g/mol. The summed E-state index contributed by atoms with van der Waals surface area (Å²) in [5.41, 5.74) is 8.81. The monoisotopic (exact) mass is 416 g/mol. The van der Waals surface area contributed by atoms with Gasteiger partial charge in [0.2, 0.25) is 11.8 Å². The minimum atomic E-state index is -0.679. The van der Waals surface area contributed by atoms with Crippen molar-refractivity contribution in [3.63, 3.8) is 0 Å². The highest BCUT2D eigenvalue weighted by molar-refractivity contribution is 5.96. The molecule has 1 saturated heterocycles. The molecule has 0 spiro atoms. The largest absolute Gasteiger partial charge is 0.348 e. The van der Waals surface area contributed by atoms with E-state index in [4.69, 9.17) is 5.73 Å². The van der Waals surface area contributed by atoms with Crippen LogP contribution in [0.25, 0.3) is 0 Å². The zero-order chi connectivity index (χ0) is 22.5. The Morgan fingerprint density at radius 1 is 1.27 bits per heavy atom. The van der Waals surface area contributed by atoms with Crippen LogP contribution in [0.15, 0.2) is 30.5 Å². The van der Waals surface area contributed by atoms with Gasteiger partial charge in [-0.1, -0.05) is 46.3 Å². The second-order valence-corrected chi connectivity index (χ2v) is 9.36. The van der Waals surface area contributed by atoms with E-state index < -0.39 is 23.5 Å². The van der Waals surface area contributed by atoms with Gasteiger partial charge in [0, 0.05) is 13.1 Å². The van der Waals surface area contributed by atoms with Crippen LogP contribution < -0.4 is 16.4 Å². The molecule has 1 aliphatic heterocycles. The Kier molecular flexibility index (Phi) is 8.04. The summed E-state index contributed by atoms with van der Waals surface area (Å²) >= 11 is 0. The van der Waals surface area contributed by atoms with Crippen LogP contribution in [0.2, 0.25) is 0 Å². The highest BCUT2D eigenvalue weighted by Gasteiger charge is 2.40. The number of carbonyl (C=O) groups excluding carboxylic acids is 3. The van der Waals surface area contributed by atoms with Gasteiger partial charge >= 0.3 is 0 Å². The molecule has 0 radical (unpaired) electrons. The Balaban J connectivity index is 2.14. The zero-order valence-corrected chi connectivity index (χ0v) is 18.5. The SMILES string of the molecule is C=C=C(C(=O)NCC=C)C(CC1CC1)NC(=O)[C@@H]1CCCN1C(=O)[C@@H](N)C(C)(C)C. The van der Waals surface area contributed by atoms with Gasteiger partial charge in [0.05, 0.1) is 17.7 Å². The normalized spacial score (nSPS) is 20.7. The lowest BCUT2D eigenvalue weighted by molar-refractivity contribution is -0.141. The smallest absolute Gasteiger partial charge is 0.257 e. The summed E-state index contributed by atoms with van der Waals surface area (Å²) in [5.74, 6) is -0.301. The molecule has 30 heavy (non-hydrogen) atoms. The fourth-order valence-electron chi connectivity index (χ4n) is 3.68. The lowest BCUT2D eigenvalue weighted by Crippen LogP contribution is -2.56. The first-order chi connectivity index (χ1) is 14.1. The fraction of sp³-hybridized carbons (Fsp3) is 0.652. The van der Waals surface area contributed by atoms with Crippen molar-refractivity contribution in [3.05, 3.63) is 30.5 Å². The number of nitrogens with zero attached hydrogens (tertiary/aromatic N) is 1. The topological polar surface area (TPSA) is 105 Å². The molecule has 1 heterocycles. The van der Waals surface area contributed by atoms with Crippen LogP contribution in [0.1, 0.15) is 52.9 Å². The van der Waals surface area contributed by atoms with E-state index in [1.165, 1.54) is 0 Å². The molecule has 0 aromatic heterocycles. The van der Waals surface area contributed by atoms with Crippen LogP contribution >= 0.6 is 0 Å². The Bertz CT molecular complexity index is 729. The van der Waals surface area contributed by atoms with Crippen LogP contribution in [0.5, 0.6) is 0 Å². The quantitative estimate of drug-likeness (QED) is 0.302. The Hall–Kier alpha value is -2.37. The number of hydrogen-bond acceptors (Lipinski definition) is 4. The van der Waals surface area contributed by atoms with Crippen molar-refractivity contribution in [2.75, 3.05) is 13.1 Å². The Labute approximate surface area is 179 Å². The predicted octanol–water partition coefficient (Wildman–Crippen LogP) is 1.65. The van der Waals surface area contributed by atoms with Gasteiger partial charge in [-0.05, 0) is 30.6 Å². The molecule has 0 bridgehead atoms. The molecule has 3 amide bonds. The first kappa shape index (κ1) is 23.9. The van der Waals surface area contributed by atoms with E-state index in [0.29, 0.717) is 37.4 Å². The Morgan fingerprint density at radius 3 is 2.47 bits per heavy atom. The number of likely N-dealkylation sites (tertiary alicyclic amines) is 1. The lowest BCUT2D eigenvalue weighted by atomic mass is 9.86. The van der Waals surface area contributed by atoms with Crippen LogP contribution in [0, 0.1) is 11.3 Å². The van der Waals surface area contributed by atoms with E-state index >= 15 is 0 Å². The molecule has 1 unspecified atom stereocenters.